The predicted octanol–water partition coefficient (Wildman–Crippen LogP) is 2.89. The zero-order valence-corrected chi connectivity index (χ0v) is 24.7. The zero-order valence-electron chi connectivity index (χ0n) is 23.0. The lowest BCUT2D eigenvalue weighted by Crippen LogP contribution is -2.48. The van der Waals surface area contributed by atoms with E-state index in [9.17, 15) is 27.6 Å². The third-order valence-electron chi connectivity index (χ3n) is 6.51. The first-order valence-electron chi connectivity index (χ1n) is 12.7. The summed E-state index contributed by atoms with van der Waals surface area (Å²) in [5.41, 5.74) is 0.110. The van der Waals surface area contributed by atoms with Crippen LogP contribution in [0, 0.1) is 6.92 Å². The van der Waals surface area contributed by atoms with Gasteiger partial charge < -0.3 is 14.4 Å². The van der Waals surface area contributed by atoms with Crippen molar-refractivity contribution in [1.82, 2.24) is 9.80 Å². The Kier molecular flexibility index (Phi) is 9.71. The molecule has 39 heavy (non-hydrogen) atoms. The number of amides is 2. The number of hydrogen-bond donors (Lipinski definition) is 0. The number of ether oxygens (including phenoxy) is 2. The minimum atomic E-state index is -4.09. The Bertz CT molecular complexity index is 1190. The number of thioether (sulfide) groups is 1. The Balaban J connectivity index is 1.69. The van der Waals surface area contributed by atoms with Gasteiger partial charge in [-0.15, -0.1) is 0 Å². The van der Waals surface area contributed by atoms with Crippen LogP contribution in [0.3, 0.4) is 0 Å². The first-order valence-corrected chi connectivity index (χ1v) is 15.0. The Morgan fingerprint density at radius 3 is 2.26 bits per heavy atom. The molecule has 13 heteroatoms. The van der Waals surface area contributed by atoms with Crippen molar-refractivity contribution in [3.63, 3.8) is 0 Å². The fraction of sp³-hybridized carbons (Fsp3) is 0.615. The van der Waals surface area contributed by atoms with Gasteiger partial charge in [0.1, 0.15) is 17.7 Å². The fourth-order valence-corrected chi connectivity index (χ4v) is 6.84. The van der Waals surface area contributed by atoms with Gasteiger partial charge in [0.2, 0.25) is 11.0 Å². The molecule has 0 N–H and O–H groups in total. The molecule has 2 heterocycles. The lowest BCUT2D eigenvalue weighted by atomic mass is 10.2. The van der Waals surface area contributed by atoms with Crippen LogP contribution in [0.4, 0.5) is 4.79 Å². The van der Waals surface area contributed by atoms with E-state index in [1.807, 2.05) is 6.92 Å². The Morgan fingerprint density at radius 2 is 1.69 bits per heavy atom. The molecule has 2 aliphatic rings. The molecular weight excluding hydrogens is 548 g/mol. The average molecular weight is 585 g/mol. The number of likely N-dealkylation sites (tertiary alicyclic amines) is 2. The summed E-state index contributed by atoms with van der Waals surface area (Å²) in [7, 11) is -2.85. The van der Waals surface area contributed by atoms with Crippen molar-refractivity contribution in [2.45, 2.75) is 88.6 Å². The molecule has 0 radical (unpaired) electrons. The number of nitrogens with zero attached hydrogens (tertiary/aromatic N) is 2. The van der Waals surface area contributed by atoms with Gasteiger partial charge in [0.25, 0.3) is 10.1 Å². The van der Waals surface area contributed by atoms with Crippen LogP contribution in [0.1, 0.15) is 52.5 Å². The van der Waals surface area contributed by atoms with Crippen LogP contribution >= 0.6 is 11.8 Å². The van der Waals surface area contributed by atoms with Crippen molar-refractivity contribution >= 4 is 45.0 Å². The highest BCUT2D eigenvalue weighted by Crippen LogP contribution is 2.32. The average Bonchev–Trinajstić information content (AvgIpc) is 3.45. The highest BCUT2D eigenvalue weighted by atomic mass is 32.2. The molecule has 3 rings (SSSR count). The van der Waals surface area contributed by atoms with Gasteiger partial charge in [-0.3, -0.25) is 18.7 Å². The SMILES string of the molecule is COC(=O)[C@@H]1CC[C@@H](CSC(=O)[C@@H]2C[C@@H](OS(=O)(=O)c3ccc(C)cc3)CN2C(C)=O)N1C(=O)OC(C)(C)C. The normalized spacial score (nSPS) is 23.5. The summed E-state index contributed by atoms with van der Waals surface area (Å²) in [5, 5.41) is -0.352. The Labute approximate surface area is 233 Å². The van der Waals surface area contributed by atoms with Crippen LogP contribution in [-0.2, 0) is 38.2 Å². The van der Waals surface area contributed by atoms with Gasteiger partial charge in [0.05, 0.1) is 18.1 Å². The van der Waals surface area contributed by atoms with Gasteiger partial charge in [-0.05, 0) is 52.7 Å². The van der Waals surface area contributed by atoms with Crippen molar-refractivity contribution in [3.05, 3.63) is 29.8 Å². The molecule has 2 aliphatic heterocycles. The highest BCUT2D eigenvalue weighted by molar-refractivity contribution is 8.13. The molecule has 2 fully saturated rings. The largest absolute Gasteiger partial charge is 0.467 e. The van der Waals surface area contributed by atoms with E-state index in [0.717, 1.165) is 17.3 Å². The first kappa shape index (κ1) is 30.9. The quantitative estimate of drug-likeness (QED) is 0.348. The minimum Gasteiger partial charge on any atom is -0.467 e. The van der Waals surface area contributed by atoms with E-state index in [1.54, 1.807) is 32.9 Å². The van der Waals surface area contributed by atoms with Crippen LogP contribution < -0.4 is 0 Å². The van der Waals surface area contributed by atoms with Gasteiger partial charge in [0, 0.05) is 31.7 Å². The van der Waals surface area contributed by atoms with Crippen LogP contribution in [0.15, 0.2) is 29.2 Å². The van der Waals surface area contributed by atoms with Crippen molar-refractivity contribution in [2.75, 3.05) is 19.4 Å². The maximum absolute atomic E-state index is 13.3. The fourth-order valence-electron chi connectivity index (χ4n) is 4.66. The maximum atomic E-state index is 13.3. The van der Waals surface area contributed by atoms with Crippen molar-refractivity contribution in [3.8, 4) is 0 Å². The number of carbonyl (C=O) groups is 4. The second-order valence-corrected chi connectivity index (χ2v) is 13.3. The van der Waals surface area contributed by atoms with E-state index in [1.165, 1.54) is 36.0 Å². The topological polar surface area (TPSA) is 137 Å². The second-order valence-electron chi connectivity index (χ2n) is 10.7. The van der Waals surface area contributed by atoms with Crippen LogP contribution in [-0.4, -0.2) is 90.5 Å². The van der Waals surface area contributed by atoms with Crippen molar-refractivity contribution < 1.29 is 41.3 Å². The number of benzene rings is 1. The van der Waals surface area contributed by atoms with Gasteiger partial charge in [-0.1, -0.05) is 29.5 Å². The van der Waals surface area contributed by atoms with E-state index in [0.29, 0.717) is 12.8 Å². The lowest BCUT2D eigenvalue weighted by molar-refractivity contribution is -0.146. The second kappa shape index (κ2) is 12.3. The van der Waals surface area contributed by atoms with E-state index >= 15 is 0 Å². The van der Waals surface area contributed by atoms with Gasteiger partial charge in [-0.25, -0.2) is 9.59 Å². The molecular formula is C26H36N2O9S2. The summed E-state index contributed by atoms with van der Waals surface area (Å²) < 4.78 is 41.3. The minimum absolute atomic E-state index is 0.00439. The molecule has 2 saturated heterocycles. The van der Waals surface area contributed by atoms with Gasteiger partial charge in [-0.2, -0.15) is 8.42 Å². The molecule has 216 valence electrons. The summed E-state index contributed by atoms with van der Waals surface area (Å²) in [6.07, 6.45) is -0.721. The number of hydrogen-bond acceptors (Lipinski definition) is 10. The van der Waals surface area contributed by atoms with Crippen molar-refractivity contribution in [1.29, 1.82) is 0 Å². The first-order chi connectivity index (χ1) is 18.1. The molecule has 1 aromatic rings. The molecule has 0 unspecified atom stereocenters. The molecule has 0 bridgehead atoms. The molecule has 0 aliphatic carbocycles. The summed E-state index contributed by atoms with van der Waals surface area (Å²) in [5.74, 6) is -0.774. The third-order valence-corrected chi connectivity index (χ3v) is 8.99. The smallest absolute Gasteiger partial charge is 0.411 e. The third kappa shape index (κ3) is 7.73. The molecule has 0 saturated carbocycles. The van der Waals surface area contributed by atoms with Gasteiger partial charge in [0.15, 0.2) is 0 Å². The zero-order chi connectivity index (χ0) is 29.1. The number of carbonyl (C=O) groups excluding carboxylic acids is 4. The van der Waals surface area contributed by atoms with E-state index in [4.69, 9.17) is 13.7 Å². The summed E-state index contributed by atoms with van der Waals surface area (Å²) in [6.45, 7) is 8.25. The van der Waals surface area contributed by atoms with E-state index in [-0.39, 0.29) is 34.6 Å². The van der Waals surface area contributed by atoms with Crippen LogP contribution in [0.2, 0.25) is 0 Å². The number of aryl methyl sites for hydroxylation is 1. The molecule has 1 aromatic carbocycles. The molecule has 4 atom stereocenters. The summed E-state index contributed by atoms with van der Waals surface area (Å²) in [6, 6.07) is 4.02. The molecule has 11 nitrogen and oxygen atoms in total. The number of methoxy groups -OCH3 is 1. The highest BCUT2D eigenvalue weighted by Gasteiger charge is 2.45. The predicted molar refractivity (Wildman–Crippen MR) is 143 cm³/mol. The van der Waals surface area contributed by atoms with Crippen LogP contribution in [0.25, 0.3) is 0 Å². The maximum Gasteiger partial charge on any atom is 0.411 e. The van der Waals surface area contributed by atoms with E-state index < -0.39 is 52.0 Å². The molecule has 0 spiro atoms. The molecule has 2 amide bonds. The number of esters is 1. The molecule has 0 aromatic heterocycles. The summed E-state index contributed by atoms with van der Waals surface area (Å²) in [4.78, 5) is 53.4. The van der Waals surface area contributed by atoms with E-state index in [2.05, 4.69) is 0 Å². The van der Waals surface area contributed by atoms with Crippen LogP contribution in [0.5, 0.6) is 0 Å². The monoisotopic (exact) mass is 584 g/mol. The Hall–Kier alpha value is -2.64. The standard InChI is InChI=1S/C26H36N2O9S2/c1-16-7-10-20(11-8-16)39(33,34)37-19-13-22(27(14-19)17(2)29)24(31)38-15-18-9-12-21(23(30)35-6)28(18)25(32)36-26(3,4)5/h7-8,10-11,18-19,21-22H,9,12-15H2,1-6H3/t18-,19+,21-,22-/m0/s1. The lowest BCUT2D eigenvalue weighted by Gasteiger charge is -2.31. The Morgan fingerprint density at radius 1 is 1.05 bits per heavy atom. The van der Waals surface area contributed by atoms with Crippen molar-refractivity contribution in [2.24, 2.45) is 0 Å². The number of rotatable bonds is 7. The summed E-state index contributed by atoms with van der Waals surface area (Å²) >= 11 is 0.931. The van der Waals surface area contributed by atoms with Gasteiger partial charge >= 0.3 is 12.1 Å².